The van der Waals surface area contributed by atoms with Gasteiger partial charge in [0.15, 0.2) is 0 Å². The van der Waals surface area contributed by atoms with E-state index in [1.165, 1.54) is 18.4 Å². The van der Waals surface area contributed by atoms with Gasteiger partial charge in [-0.3, -0.25) is 0 Å². The molecule has 1 aromatic heterocycles. The van der Waals surface area contributed by atoms with Crippen LogP contribution in [0, 0.1) is 0 Å². The van der Waals surface area contributed by atoms with E-state index in [2.05, 4.69) is 35.6 Å². The maximum Gasteiger partial charge on any atom is 0.225 e. The number of anilines is 1. The summed E-state index contributed by atoms with van der Waals surface area (Å²) in [6, 6.07) is 0. The Morgan fingerprint density at radius 1 is 1.07 bits per heavy atom. The van der Waals surface area contributed by atoms with Crippen molar-refractivity contribution in [1.29, 1.82) is 0 Å². The third kappa shape index (κ3) is 2.28. The molecule has 3 heteroatoms. The van der Waals surface area contributed by atoms with E-state index in [0.717, 1.165) is 19.0 Å². The topological polar surface area (TPSA) is 29.0 Å². The van der Waals surface area contributed by atoms with Crippen molar-refractivity contribution in [2.45, 2.75) is 39.0 Å². The van der Waals surface area contributed by atoms with E-state index in [9.17, 15) is 0 Å². The van der Waals surface area contributed by atoms with Gasteiger partial charge in [0.05, 0.1) is 0 Å². The summed E-state index contributed by atoms with van der Waals surface area (Å²) in [5.74, 6) is 0.889. The van der Waals surface area contributed by atoms with Crippen molar-refractivity contribution in [1.82, 2.24) is 9.97 Å². The molecule has 0 spiro atoms. The lowest BCUT2D eigenvalue weighted by Gasteiger charge is -2.20. The Bertz CT molecular complexity index is 318. The van der Waals surface area contributed by atoms with Crippen LogP contribution >= 0.6 is 0 Å². The van der Waals surface area contributed by atoms with Gasteiger partial charge in [0, 0.05) is 25.5 Å². The number of hydrogen-bond acceptors (Lipinski definition) is 3. The number of nitrogens with zero attached hydrogens (tertiary/aromatic N) is 3. The van der Waals surface area contributed by atoms with E-state index >= 15 is 0 Å². The molecule has 1 aliphatic rings. The van der Waals surface area contributed by atoms with E-state index in [1.54, 1.807) is 0 Å². The molecule has 15 heavy (non-hydrogen) atoms. The molecule has 1 fully saturated rings. The van der Waals surface area contributed by atoms with E-state index < -0.39 is 0 Å². The quantitative estimate of drug-likeness (QED) is 0.705. The Morgan fingerprint density at radius 2 is 1.60 bits per heavy atom. The van der Waals surface area contributed by atoms with Crippen molar-refractivity contribution in [2.24, 2.45) is 0 Å². The summed E-state index contributed by atoms with van der Waals surface area (Å²) in [6.07, 6.45) is 6.45. The Labute approximate surface area is 91.5 Å². The van der Waals surface area contributed by atoms with Crippen LogP contribution in [0.25, 0.3) is 0 Å². The molecule has 1 aliphatic heterocycles. The normalized spacial score (nSPS) is 17.1. The van der Waals surface area contributed by atoms with Gasteiger partial charge in [0.1, 0.15) is 0 Å². The Hall–Kier alpha value is -1.12. The highest BCUT2D eigenvalue weighted by Gasteiger charge is 2.17. The van der Waals surface area contributed by atoms with Crippen molar-refractivity contribution in [2.75, 3.05) is 18.0 Å². The molecule has 0 saturated carbocycles. The number of aromatic nitrogens is 2. The standard InChI is InChI=1S/C12H19N3/c1-12(2,3)10-8-13-11(14-9-10)15-6-4-5-7-15/h8-9H,4-7H2,1-3H3. The lowest BCUT2D eigenvalue weighted by atomic mass is 9.89. The van der Waals surface area contributed by atoms with Crippen LogP contribution in [0.15, 0.2) is 12.4 Å². The molecule has 2 heterocycles. The Balaban J connectivity index is 2.16. The molecule has 0 atom stereocenters. The van der Waals surface area contributed by atoms with Gasteiger partial charge < -0.3 is 4.90 Å². The van der Waals surface area contributed by atoms with Crippen LogP contribution in [0.3, 0.4) is 0 Å². The van der Waals surface area contributed by atoms with E-state index in [-0.39, 0.29) is 5.41 Å². The van der Waals surface area contributed by atoms with Crippen LogP contribution in [-0.2, 0) is 5.41 Å². The van der Waals surface area contributed by atoms with Gasteiger partial charge in [-0.25, -0.2) is 9.97 Å². The summed E-state index contributed by atoms with van der Waals surface area (Å²) in [4.78, 5) is 11.1. The Morgan fingerprint density at radius 3 is 2.07 bits per heavy atom. The fraction of sp³-hybridized carbons (Fsp3) is 0.667. The summed E-state index contributed by atoms with van der Waals surface area (Å²) in [5.41, 5.74) is 1.34. The minimum Gasteiger partial charge on any atom is -0.341 e. The van der Waals surface area contributed by atoms with Gasteiger partial charge in [-0.15, -0.1) is 0 Å². The zero-order valence-electron chi connectivity index (χ0n) is 9.82. The molecule has 1 aromatic rings. The summed E-state index contributed by atoms with van der Waals surface area (Å²) >= 11 is 0. The predicted molar refractivity (Wildman–Crippen MR) is 62.2 cm³/mol. The van der Waals surface area contributed by atoms with Gasteiger partial charge in [-0.2, -0.15) is 0 Å². The highest BCUT2D eigenvalue weighted by molar-refractivity contribution is 5.32. The largest absolute Gasteiger partial charge is 0.341 e. The van der Waals surface area contributed by atoms with Crippen molar-refractivity contribution in [3.63, 3.8) is 0 Å². The van der Waals surface area contributed by atoms with Gasteiger partial charge >= 0.3 is 0 Å². The molecule has 3 nitrogen and oxygen atoms in total. The minimum atomic E-state index is 0.142. The maximum atomic E-state index is 4.44. The smallest absolute Gasteiger partial charge is 0.225 e. The molecular formula is C12H19N3. The summed E-state index contributed by atoms with van der Waals surface area (Å²) in [7, 11) is 0. The second-order valence-electron chi connectivity index (χ2n) is 5.22. The van der Waals surface area contributed by atoms with Gasteiger partial charge in [-0.05, 0) is 23.8 Å². The average molecular weight is 205 g/mol. The van der Waals surface area contributed by atoms with Crippen LogP contribution < -0.4 is 4.90 Å². The molecule has 1 saturated heterocycles. The second kappa shape index (κ2) is 3.80. The molecule has 0 amide bonds. The first-order valence-electron chi connectivity index (χ1n) is 5.65. The zero-order chi connectivity index (χ0) is 10.9. The first kappa shape index (κ1) is 10.4. The van der Waals surface area contributed by atoms with Crippen molar-refractivity contribution in [3.8, 4) is 0 Å². The van der Waals surface area contributed by atoms with E-state index in [0.29, 0.717) is 0 Å². The Kier molecular flexibility index (Phi) is 2.63. The molecule has 2 rings (SSSR count). The summed E-state index contributed by atoms with van der Waals surface area (Å²) < 4.78 is 0. The van der Waals surface area contributed by atoms with Crippen LogP contribution in [-0.4, -0.2) is 23.1 Å². The third-order valence-corrected chi connectivity index (χ3v) is 2.89. The van der Waals surface area contributed by atoms with Crippen LogP contribution in [0.5, 0.6) is 0 Å². The molecule has 0 radical (unpaired) electrons. The van der Waals surface area contributed by atoms with Crippen LogP contribution in [0.1, 0.15) is 39.2 Å². The van der Waals surface area contributed by atoms with E-state index in [1.807, 2.05) is 12.4 Å². The lowest BCUT2D eigenvalue weighted by molar-refractivity contribution is 0.583. The predicted octanol–water partition coefficient (Wildman–Crippen LogP) is 2.37. The maximum absolute atomic E-state index is 4.44. The molecule has 0 unspecified atom stereocenters. The molecular weight excluding hydrogens is 186 g/mol. The van der Waals surface area contributed by atoms with Crippen molar-refractivity contribution in [3.05, 3.63) is 18.0 Å². The highest BCUT2D eigenvalue weighted by Crippen LogP contribution is 2.22. The highest BCUT2D eigenvalue weighted by atomic mass is 15.3. The first-order chi connectivity index (χ1) is 7.07. The third-order valence-electron chi connectivity index (χ3n) is 2.89. The fourth-order valence-electron chi connectivity index (χ4n) is 1.79. The number of hydrogen-bond donors (Lipinski definition) is 0. The molecule has 0 aliphatic carbocycles. The molecule has 82 valence electrons. The van der Waals surface area contributed by atoms with Crippen molar-refractivity contribution < 1.29 is 0 Å². The van der Waals surface area contributed by atoms with Gasteiger partial charge in [0.2, 0.25) is 5.95 Å². The van der Waals surface area contributed by atoms with Gasteiger partial charge in [-0.1, -0.05) is 20.8 Å². The minimum absolute atomic E-state index is 0.142. The zero-order valence-corrected chi connectivity index (χ0v) is 9.82. The second-order valence-corrected chi connectivity index (χ2v) is 5.22. The van der Waals surface area contributed by atoms with Crippen molar-refractivity contribution >= 4 is 5.95 Å². The van der Waals surface area contributed by atoms with E-state index in [4.69, 9.17) is 0 Å². The molecule has 0 N–H and O–H groups in total. The van der Waals surface area contributed by atoms with Crippen LogP contribution in [0.2, 0.25) is 0 Å². The molecule has 0 bridgehead atoms. The van der Waals surface area contributed by atoms with Crippen LogP contribution in [0.4, 0.5) is 5.95 Å². The SMILES string of the molecule is CC(C)(C)c1cnc(N2CCCC2)nc1. The first-order valence-corrected chi connectivity index (χ1v) is 5.65. The lowest BCUT2D eigenvalue weighted by Crippen LogP contribution is -2.21. The number of rotatable bonds is 1. The van der Waals surface area contributed by atoms with Gasteiger partial charge in [0.25, 0.3) is 0 Å². The average Bonchev–Trinajstić information content (AvgIpc) is 2.69. The fourth-order valence-corrected chi connectivity index (χ4v) is 1.79. The monoisotopic (exact) mass is 205 g/mol. The summed E-state index contributed by atoms with van der Waals surface area (Å²) in [6.45, 7) is 8.76. The summed E-state index contributed by atoms with van der Waals surface area (Å²) in [5, 5.41) is 0. The molecule has 0 aromatic carbocycles.